The van der Waals surface area contributed by atoms with Gasteiger partial charge in [0, 0.05) is 12.6 Å². The molecule has 1 aliphatic heterocycles. The standard InChI is InChI=1S/C10H21N/c1-5-6-10-8(2)7-11(4)9(10)3/h8-10H,5-7H2,1-4H3. The molecule has 1 aliphatic rings. The Morgan fingerprint density at radius 3 is 2.36 bits per heavy atom. The van der Waals surface area contributed by atoms with Crippen molar-refractivity contribution in [2.45, 2.75) is 39.7 Å². The molecule has 0 radical (unpaired) electrons. The van der Waals surface area contributed by atoms with Crippen molar-refractivity contribution in [3.63, 3.8) is 0 Å². The summed E-state index contributed by atoms with van der Waals surface area (Å²) in [6, 6.07) is 0.810. The maximum Gasteiger partial charge on any atom is 0.00952 e. The second-order valence-electron chi connectivity index (χ2n) is 4.11. The highest BCUT2D eigenvalue weighted by Crippen LogP contribution is 2.31. The fraction of sp³-hybridized carbons (Fsp3) is 1.00. The van der Waals surface area contributed by atoms with Gasteiger partial charge in [-0.3, -0.25) is 0 Å². The van der Waals surface area contributed by atoms with Crippen LogP contribution in [-0.4, -0.2) is 24.5 Å². The summed E-state index contributed by atoms with van der Waals surface area (Å²) in [4.78, 5) is 2.49. The first kappa shape index (κ1) is 9.05. The van der Waals surface area contributed by atoms with E-state index in [1.54, 1.807) is 0 Å². The van der Waals surface area contributed by atoms with E-state index in [1.807, 2.05) is 0 Å². The van der Waals surface area contributed by atoms with Gasteiger partial charge >= 0.3 is 0 Å². The van der Waals surface area contributed by atoms with E-state index in [2.05, 4.69) is 32.7 Å². The highest BCUT2D eigenvalue weighted by molar-refractivity contribution is 4.86. The molecule has 1 nitrogen and oxygen atoms in total. The lowest BCUT2D eigenvalue weighted by Crippen LogP contribution is -2.25. The molecule has 0 amide bonds. The summed E-state index contributed by atoms with van der Waals surface area (Å²) in [6.07, 6.45) is 2.75. The summed E-state index contributed by atoms with van der Waals surface area (Å²) in [5, 5.41) is 0. The van der Waals surface area contributed by atoms with E-state index >= 15 is 0 Å². The van der Waals surface area contributed by atoms with Gasteiger partial charge < -0.3 is 4.90 Å². The Kier molecular flexibility index (Phi) is 2.94. The van der Waals surface area contributed by atoms with Crippen LogP contribution >= 0.6 is 0 Å². The molecule has 66 valence electrons. The van der Waals surface area contributed by atoms with Gasteiger partial charge in [-0.2, -0.15) is 0 Å². The molecule has 0 aromatic heterocycles. The van der Waals surface area contributed by atoms with Crippen molar-refractivity contribution in [2.24, 2.45) is 11.8 Å². The summed E-state index contributed by atoms with van der Waals surface area (Å²) in [5.41, 5.74) is 0. The van der Waals surface area contributed by atoms with E-state index < -0.39 is 0 Å². The van der Waals surface area contributed by atoms with Crippen molar-refractivity contribution >= 4 is 0 Å². The Hall–Kier alpha value is -0.0400. The fourth-order valence-corrected chi connectivity index (χ4v) is 2.42. The molecule has 1 saturated heterocycles. The average molecular weight is 155 g/mol. The summed E-state index contributed by atoms with van der Waals surface area (Å²) in [7, 11) is 2.25. The SMILES string of the molecule is CCCC1C(C)CN(C)C1C. The molecule has 1 heteroatoms. The van der Waals surface area contributed by atoms with Gasteiger partial charge in [0.1, 0.15) is 0 Å². The van der Waals surface area contributed by atoms with Crippen LogP contribution in [0.3, 0.4) is 0 Å². The van der Waals surface area contributed by atoms with E-state index in [-0.39, 0.29) is 0 Å². The van der Waals surface area contributed by atoms with Crippen molar-refractivity contribution in [3.8, 4) is 0 Å². The topological polar surface area (TPSA) is 3.24 Å². The summed E-state index contributed by atoms with van der Waals surface area (Å²) in [6.45, 7) is 8.34. The van der Waals surface area contributed by atoms with Gasteiger partial charge in [0.05, 0.1) is 0 Å². The van der Waals surface area contributed by atoms with E-state index in [1.165, 1.54) is 19.4 Å². The molecule has 3 unspecified atom stereocenters. The van der Waals surface area contributed by atoms with E-state index in [0.717, 1.165) is 17.9 Å². The van der Waals surface area contributed by atoms with Gasteiger partial charge in [0.15, 0.2) is 0 Å². The third-order valence-electron chi connectivity index (χ3n) is 3.24. The Bertz CT molecular complexity index is 122. The minimum atomic E-state index is 0.810. The Labute approximate surface area is 70.8 Å². The zero-order valence-corrected chi connectivity index (χ0v) is 8.30. The van der Waals surface area contributed by atoms with E-state index in [0.29, 0.717) is 0 Å². The van der Waals surface area contributed by atoms with Gasteiger partial charge in [-0.1, -0.05) is 20.3 Å². The lowest BCUT2D eigenvalue weighted by atomic mass is 9.89. The molecular formula is C10H21N. The largest absolute Gasteiger partial charge is 0.303 e. The molecule has 0 aliphatic carbocycles. The highest BCUT2D eigenvalue weighted by Gasteiger charge is 2.32. The lowest BCUT2D eigenvalue weighted by Gasteiger charge is -2.20. The number of nitrogens with zero attached hydrogens (tertiary/aromatic N) is 1. The molecule has 0 spiro atoms. The molecule has 0 saturated carbocycles. The predicted octanol–water partition coefficient (Wildman–Crippen LogP) is 2.37. The number of hydrogen-bond donors (Lipinski definition) is 0. The zero-order chi connectivity index (χ0) is 8.43. The minimum Gasteiger partial charge on any atom is -0.303 e. The molecular weight excluding hydrogens is 134 g/mol. The van der Waals surface area contributed by atoms with Crippen LogP contribution in [0.1, 0.15) is 33.6 Å². The van der Waals surface area contributed by atoms with Crippen molar-refractivity contribution in [1.82, 2.24) is 4.90 Å². The fourth-order valence-electron chi connectivity index (χ4n) is 2.42. The summed E-state index contributed by atoms with van der Waals surface area (Å²) < 4.78 is 0. The Balaban J connectivity index is 2.49. The number of rotatable bonds is 2. The summed E-state index contributed by atoms with van der Waals surface area (Å²) in [5.74, 6) is 1.86. The van der Waals surface area contributed by atoms with E-state index in [9.17, 15) is 0 Å². The second kappa shape index (κ2) is 3.57. The molecule has 0 bridgehead atoms. The molecule has 1 heterocycles. The monoisotopic (exact) mass is 155 g/mol. The van der Waals surface area contributed by atoms with Crippen LogP contribution in [0.2, 0.25) is 0 Å². The van der Waals surface area contributed by atoms with Gasteiger partial charge in [-0.05, 0) is 32.2 Å². The number of hydrogen-bond acceptors (Lipinski definition) is 1. The quantitative estimate of drug-likeness (QED) is 0.592. The molecule has 3 atom stereocenters. The minimum absolute atomic E-state index is 0.810. The van der Waals surface area contributed by atoms with Crippen LogP contribution in [0.5, 0.6) is 0 Å². The van der Waals surface area contributed by atoms with Gasteiger partial charge in [-0.25, -0.2) is 0 Å². The van der Waals surface area contributed by atoms with Crippen LogP contribution in [-0.2, 0) is 0 Å². The molecule has 1 rings (SSSR count). The molecule has 0 aromatic carbocycles. The molecule has 0 N–H and O–H groups in total. The van der Waals surface area contributed by atoms with Crippen LogP contribution in [0.25, 0.3) is 0 Å². The van der Waals surface area contributed by atoms with Crippen LogP contribution in [0, 0.1) is 11.8 Å². The van der Waals surface area contributed by atoms with Gasteiger partial charge in [0.2, 0.25) is 0 Å². The van der Waals surface area contributed by atoms with Crippen molar-refractivity contribution < 1.29 is 0 Å². The average Bonchev–Trinajstić information content (AvgIpc) is 2.17. The maximum atomic E-state index is 2.49. The molecule has 11 heavy (non-hydrogen) atoms. The van der Waals surface area contributed by atoms with Crippen molar-refractivity contribution in [1.29, 1.82) is 0 Å². The first-order valence-electron chi connectivity index (χ1n) is 4.87. The van der Waals surface area contributed by atoms with Crippen molar-refractivity contribution in [2.75, 3.05) is 13.6 Å². The van der Waals surface area contributed by atoms with Crippen LogP contribution in [0.4, 0.5) is 0 Å². The normalized spacial score (nSPS) is 39.8. The zero-order valence-electron chi connectivity index (χ0n) is 8.30. The van der Waals surface area contributed by atoms with Crippen LogP contribution < -0.4 is 0 Å². The van der Waals surface area contributed by atoms with E-state index in [4.69, 9.17) is 0 Å². The Morgan fingerprint density at radius 1 is 1.36 bits per heavy atom. The molecule has 0 aromatic rings. The third-order valence-corrected chi connectivity index (χ3v) is 3.24. The van der Waals surface area contributed by atoms with Crippen LogP contribution in [0.15, 0.2) is 0 Å². The molecule has 1 fully saturated rings. The van der Waals surface area contributed by atoms with Gasteiger partial charge in [0.25, 0.3) is 0 Å². The smallest absolute Gasteiger partial charge is 0.00952 e. The summed E-state index contributed by atoms with van der Waals surface area (Å²) >= 11 is 0. The Morgan fingerprint density at radius 2 is 2.00 bits per heavy atom. The second-order valence-corrected chi connectivity index (χ2v) is 4.11. The lowest BCUT2D eigenvalue weighted by molar-refractivity contribution is 0.280. The number of likely N-dealkylation sites (tertiary alicyclic amines) is 1. The first-order valence-corrected chi connectivity index (χ1v) is 4.87. The maximum absolute atomic E-state index is 2.49. The highest BCUT2D eigenvalue weighted by atomic mass is 15.2. The van der Waals surface area contributed by atoms with Crippen molar-refractivity contribution in [3.05, 3.63) is 0 Å². The third kappa shape index (κ3) is 1.76. The first-order chi connectivity index (χ1) is 5.16. The van der Waals surface area contributed by atoms with Gasteiger partial charge in [-0.15, -0.1) is 0 Å². The predicted molar refractivity (Wildman–Crippen MR) is 49.7 cm³/mol.